The minimum Gasteiger partial charge on any atom is -0.507 e. The van der Waals surface area contributed by atoms with Crippen LogP contribution < -0.4 is 15.4 Å². The molecule has 0 saturated carbocycles. The van der Waals surface area contributed by atoms with E-state index in [0.29, 0.717) is 51.5 Å². The first-order valence-electron chi connectivity index (χ1n) is 26.7. The first-order chi connectivity index (χ1) is 35.4. The van der Waals surface area contributed by atoms with Crippen LogP contribution in [0.1, 0.15) is 119 Å². The summed E-state index contributed by atoms with van der Waals surface area (Å²) in [5.41, 5.74) is -0.879. The molecule has 19 nitrogen and oxygen atoms in total. The van der Waals surface area contributed by atoms with Crippen LogP contribution in [0.25, 0.3) is 0 Å². The number of aliphatic hydroxyl groups excluding tert-OH is 2. The van der Waals surface area contributed by atoms with Crippen LogP contribution in [0, 0.1) is 36.5 Å². The molecule has 2 spiro atoms. The highest BCUT2D eigenvalue weighted by molar-refractivity contribution is 6.34. The van der Waals surface area contributed by atoms with Crippen molar-refractivity contribution in [3.8, 4) is 11.5 Å². The van der Waals surface area contributed by atoms with Crippen LogP contribution in [0.2, 0.25) is 0 Å². The Morgan fingerprint density at radius 2 is 1.60 bits per heavy atom. The van der Waals surface area contributed by atoms with Gasteiger partial charge in [-0.2, -0.15) is 0 Å². The second-order valence-electron chi connectivity index (χ2n) is 22.7. The van der Waals surface area contributed by atoms with Crippen molar-refractivity contribution in [2.24, 2.45) is 34.6 Å². The number of phenolic OH excluding ortho intramolecular Hbond substituents is 1. The van der Waals surface area contributed by atoms with Crippen LogP contribution >= 0.6 is 0 Å². The molecule has 0 aromatic heterocycles. The lowest BCUT2D eigenvalue weighted by molar-refractivity contribution is -0.170. The number of nitrogens with zero attached hydrogens (tertiary/aromatic N) is 4. The molecule has 1 aliphatic carbocycles. The Labute approximate surface area is 440 Å². The van der Waals surface area contributed by atoms with Crippen LogP contribution in [-0.2, 0) is 33.3 Å². The maximum atomic E-state index is 15.0. The largest absolute Gasteiger partial charge is 0.507 e. The highest BCUT2D eigenvalue weighted by Gasteiger charge is 2.55. The number of ketones is 2. The Morgan fingerprint density at radius 1 is 0.907 bits per heavy atom. The van der Waals surface area contributed by atoms with Crippen LogP contribution in [0.5, 0.6) is 11.5 Å². The number of aliphatic imine (C=N–C) groups is 1. The topological polar surface area (TPSA) is 238 Å². The number of Topliss-reactive ketones (excluding diaryl/α,β-unsaturated/α-hetero) is 2. The molecule has 75 heavy (non-hydrogen) atoms. The number of carbonyl (C=O) groups excluding carboxylic acids is 5. The number of morpholine rings is 1. The van der Waals surface area contributed by atoms with E-state index in [9.17, 15) is 39.3 Å². The number of amides is 2. The van der Waals surface area contributed by atoms with Crippen molar-refractivity contribution in [1.29, 1.82) is 0 Å². The number of hydrogen-bond acceptors (Lipinski definition) is 17. The van der Waals surface area contributed by atoms with Gasteiger partial charge in [-0.05, 0) is 45.7 Å². The molecule has 3 saturated heterocycles. The molecule has 7 aliphatic heterocycles. The van der Waals surface area contributed by atoms with Gasteiger partial charge in [0.05, 0.1) is 59.3 Å². The summed E-state index contributed by atoms with van der Waals surface area (Å²) in [4.78, 5) is 83.2. The summed E-state index contributed by atoms with van der Waals surface area (Å²) in [6.07, 6.45) is 5.36. The van der Waals surface area contributed by atoms with Crippen LogP contribution in [0.3, 0.4) is 0 Å². The number of hydrogen-bond donors (Lipinski definition) is 5. The van der Waals surface area contributed by atoms with Crippen molar-refractivity contribution in [2.45, 2.75) is 136 Å². The van der Waals surface area contributed by atoms with Gasteiger partial charge in [0.2, 0.25) is 11.7 Å². The van der Waals surface area contributed by atoms with Crippen LogP contribution in [0.4, 0.5) is 0 Å². The molecule has 5 bridgehead atoms. The van der Waals surface area contributed by atoms with E-state index in [4.69, 9.17) is 28.7 Å². The lowest BCUT2D eigenvalue weighted by Crippen LogP contribution is -2.57. The fraction of sp³-hybridized carbons (Fsp3) is 0.643. The monoisotopic (exact) mass is 1040 g/mol. The van der Waals surface area contributed by atoms with E-state index >= 15 is 0 Å². The molecule has 19 heteroatoms. The minimum atomic E-state index is -2.03. The van der Waals surface area contributed by atoms with Gasteiger partial charge >= 0.3 is 11.8 Å². The second kappa shape index (κ2) is 21.9. The Morgan fingerprint density at radius 3 is 2.27 bits per heavy atom. The number of fused-ring (bicyclic) bond motifs is 13. The number of ether oxygens (including phenoxy) is 5. The Bertz CT molecular complexity index is 2590. The molecule has 0 radical (unpaired) electrons. The quantitative estimate of drug-likeness (QED) is 0.197. The van der Waals surface area contributed by atoms with E-state index in [1.54, 1.807) is 57.7 Å². The van der Waals surface area contributed by atoms with E-state index < -0.39 is 107 Å². The molecule has 0 unspecified atom stereocenters. The van der Waals surface area contributed by atoms with Gasteiger partial charge in [0.15, 0.2) is 0 Å². The average Bonchev–Trinajstić information content (AvgIpc) is 3.89. The van der Waals surface area contributed by atoms with Crippen LogP contribution in [0.15, 0.2) is 52.5 Å². The highest BCUT2D eigenvalue weighted by Crippen LogP contribution is 2.50. The van der Waals surface area contributed by atoms with Gasteiger partial charge in [-0.15, -0.1) is 0 Å². The summed E-state index contributed by atoms with van der Waals surface area (Å²) in [7, 11) is 3.49. The SMILES string of the molecule is CO[C@H]1/C=C/O[C@@]2(C)Oc3c(C)c(O)c4c(c3C2=O)C2=NC3(CCN(CC(C)C)CC3)NC2=C(NC(=O)/C(C)=C\C=C\[C@H](C)[C@H](O)[C@@H](C)[C@@H](O)[C@@H](C)[C@H](OC(=O)CC(=O)N2CCOC3(CCN(C)CC3)C2)[C@@H]1C)C4=O. The number of rotatable bonds is 6. The van der Waals surface area contributed by atoms with Crippen LogP contribution in [-0.4, -0.2) is 173 Å². The van der Waals surface area contributed by atoms with Crippen molar-refractivity contribution in [2.75, 3.05) is 66.6 Å². The second-order valence-corrected chi connectivity index (χ2v) is 22.7. The fourth-order valence-electron chi connectivity index (χ4n) is 11.9. The van der Waals surface area contributed by atoms with Crippen molar-refractivity contribution in [3.63, 3.8) is 0 Å². The van der Waals surface area contributed by atoms with Gasteiger partial charge in [-0.1, -0.05) is 59.8 Å². The number of benzene rings is 1. The first kappa shape index (κ1) is 55.8. The Kier molecular flexibility index (Phi) is 16.3. The predicted molar refractivity (Wildman–Crippen MR) is 278 cm³/mol. The third kappa shape index (κ3) is 10.9. The molecule has 1 aromatic rings. The van der Waals surface area contributed by atoms with E-state index in [0.717, 1.165) is 32.5 Å². The predicted octanol–water partition coefficient (Wildman–Crippen LogP) is 4.31. The maximum absolute atomic E-state index is 15.0. The molecule has 2 amide bonds. The van der Waals surface area contributed by atoms with Gasteiger partial charge in [-0.3, -0.25) is 29.0 Å². The van der Waals surface area contributed by atoms with E-state index in [1.807, 2.05) is 7.05 Å². The summed E-state index contributed by atoms with van der Waals surface area (Å²) < 4.78 is 30.9. The van der Waals surface area contributed by atoms with Gasteiger partial charge < -0.3 is 64.3 Å². The zero-order valence-electron chi connectivity index (χ0n) is 45.5. The molecular formula is C56H78N6O13. The summed E-state index contributed by atoms with van der Waals surface area (Å²) in [6, 6.07) is 0. The van der Waals surface area contributed by atoms with Crippen molar-refractivity contribution < 1.29 is 63.0 Å². The normalized spacial score (nSPS) is 33.0. The van der Waals surface area contributed by atoms with Gasteiger partial charge in [-0.25, -0.2) is 0 Å². The molecule has 1 aromatic carbocycles. The third-order valence-electron chi connectivity index (χ3n) is 16.7. The van der Waals surface area contributed by atoms with Crippen molar-refractivity contribution >= 4 is 35.1 Å². The first-order valence-corrected chi connectivity index (χ1v) is 26.7. The lowest BCUT2D eigenvalue weighted by atomic mass is 9.78. The number of phenols is 1. The molecule has 410 valence electrons. The molecular weight excluding hydrogens is 965 g/mol. The smallest absolute Gasteiger partial charge is 0.315 e. The number of nitrogens with one attached hydrogen (secondary N) is 2. The summed E-state index contributed by atoms with van der Waals surface area (Å²) in [5, 5.41) is 42.0. The third-order valence-corrected chi connectivity index (χ3v) is 16.7. The van der Waals surface area contributed by atoms with E-state index in [-0.39, 0.29) is 50.7 Å². The van der Waals surface area contributed by atoms with Gasteiger partial charge in [0, 0.05) is 113 Å². The standard InChI is InChI=1S/C56H78N6O13/c1-30(2)28-61-22-18-56(19-23-61)58-43-40-41-48(67)36(8)51-42(40)52(69)54(9,75-51)72-25-15-37(71-11)33(5)50(74-39(64)27-38(63)62-24-26-73-55(29-62)16-20-60(10)21-17-55)35(7)47(66)34(6)46(65)31(3)13-12-14-32(4)53(70)57-45(49(41)68)44(43)59-56/h12-15,25,30-31,33-35,37,46-47,50,59,65-67H,16-24,26-29H2,1-11H3,(H,57,70)/b13-12+,25-15+,32-14-/t31-,33+,34+,35+,37-,46-,47+,50+,54-/m0/s1. The minimum absolute atomic E-state index is 0.00315. The van der Waals surface area contributed by atoms with Gasteiger partial charge in [0.1, 0.15) is 35.4 Å². The Hall–Kier alpha value is -5.44. The van der Waals surface area contributed by atoms with E-state index in [2.05, 4.69) is 34.3 Å². The number of aromatic hydroxyl groups is 1. The number of allylic oxidation sites excluding steroid dienone is 4. The zero-order valence-corrected chi connectivity index (χ0v) is 45.5. The number of aliphatic hydroxyl groups is 2. The number of likely N-dealkylation sites (tertiary alicyclic amines) is 2. The molecule has 3 fully saturated rings. The fourth-order valence-corrected chi connectivity index (χ4v) is 11.9. The number of carbonyl (C=O) groups is 5. The molecule has 9 rings (SSSR count). The molecule has 7 heterocycles. The number of esters is 1. The maximum Gasteiger partial charge on any atom is 0.315 e. The van der Waals surface area contributed by atoms with E-state index in [1.165, 1.54) is 33.3 Å². The summed E-state index contributed by atoms with van der Waals surface area (Å²) in [5.74, 6) is -8.12. The lowest BCUT2D eigenvalue weighted by Gasteiger charge is -2.46. The zero-order chi connectivity index (χ0) is 54.5. The Balaban J connectivity index is 1.14. The summed E-state index contributed by atoms with van der Waals surface area (Å²) >= 11 is 0. The average molecular weight is 1040 g/mol. The molecule has 5 N–H and O–H groups in total. The van der Waals surface area contributed by atoms with Crippen molar-refractivity contribution in [3.05, 3.63) is 69.8 Å². The molecule has 9 atom stereocenters. The van der Waals surface area contributed by atoms with Gasteiger partial charge in [0.25, 0.3) is 11.7 Å². The number of methoxy groups -OCH3 is 1. The van der Waals surface area contributed by atoms with Crippen molar-refractivity contribution in [1.82, 2.24) is 25.3 Å². The summed E-state index contributed by atoms with van der Waals surface area (Å²) in [6.45, 7) is 20.8. The highest BCUT2D eigenvalue weighted by atomic mass is 16.7. The number of piperidine rings is 2. The molecule has 8 aliphatic rings.